The van der Waals surface area contributed by atoms with Crippen LogP contribution in [0.3, 0.4) is 0 Å². The van der Waals surface area contributed by atoms with Crippen molar-refractivity contribution in [2.45, 2.75) is 58.1 Å². The SMILES string of the molecule is CC(C)(C)OC(=O)N[C@H]1CC[C@H](CS(N)(=O)=O)CC1. The van der Waals surface area contributed by atoms with Crippen LogP contribution in [-0.4, -0.2) is 31.9 Å². The zero-order chi connectivity index (χ0) is 14.7. The lowest BCUT2D eigenvalue weighted by Crippen LogP contribution is -2.41. The number of rotatable bonds is 3. The highest BCUT2D eigenvalue weighted by Gasteiger charge is 2.26. The normalized spacial score (nSPS) is 24.8. The third-order valence-corrected chi connectivity index (χ3v) is 3.97. The van der Waals surface area contributed by atoms with Crippen LogP contribution in [0.5, 0.6) is 0 Å². The van der Waals surface area contributed by atoms with Gasteiger partial charge in [0.15, 0.2) is 0 Å². The first-order chi connectivity index (χ1) is 8.55. The van der Waals surface area contributed by atoms with Gasteiger partial charge in [0, 0.05) is 6.04 Å². The molecule has 6 nitrogen and oxygen atoms in total. The Kier molecular flexibility index (Phi) is 5.20. The molecule has 0 unspecified atom stereocenters. The Labute approximate surface area is 115 Å². The van der Waals surface area contributed by atoms with Gasteiger partial charge in [0.2, 0.25) is 10.0 Å². The number of ether oxygens (including phenoxy) is 1. The van der Waals surface area contributed by atoms with E-state index in [2.05, 4.69) is 5.32 Å². The Morgan fingerprint density at radius 1 is 1.26 bits per heavy atom. The molecule has 0 spiro atoms. The Bertz CT molecular complexity index is 406. The highest BCUT2D eigenvalue weighted by atomic mass is 32.2. The summed E-state index contributed by atoms with van der Waals surface area (Å²) < 4.78 is 27.2. The first-order valence-electron chi connectivity index (χ1n) is 6.55. The molecular formula is C12H24N2O4S. The smallest absolute Gasteiger partial charge is 0.407 e. The Balaban J connectivity index is 2.33. The summed E-state index contributed by atoms with van der Waals surface area (Å²) in [5, 5.41) is 7.85. The first kappa shape index (κ1) is 16.2. The molecule has 0 aromatic heterocycles. The maximum Gasteiger partial charge on any atom is 0.407 e. The van der Waals surface area contributed by atoms with Crippen LogP contribution >= 0.6 is 0 Å². The van der Waals surface area contributed by atoms with Crippen molar-refractivity contribution in [2.75, 3.05) is 5.75 Å². The summed E-state index contributed by atoms with van der Waals surface area (Å²) >= 11 is 0. The van der Waals surface area contributed by atoms with Crippen LogP contribution in [0.1, 0.15) is 46.5 Å². The van der Waals surface area contributed by atoms with E-state index < -0.39 is 21.7 Å². The third-order valence-electron chi connectivity index (χ3n) is 3.04. The van der Waals surface area contributed by atoms with Crippen LogP contribution in [0.4, 0.5) is 4.79 Å². The van der Waals surface area contributed by atoms with Crippen molar-refractivity contribution in [1.82, 2.24) is 5.32 Å². The van der Waals surface area contributed by atoms with E-state index >= 15 is 0 Å². The Morgan fingerprint density at radius 3 is 2.21 bits per heavy atom. The van der Waals surface area contributed by atoms with Crippen molar-refractivity contribution in [1.29, 1.82) is 0 Å². The molecule has 1 amide bonds. The molecule has 0 aromatic rings. The number of carbonyl (C=O) groups excluding carboxylic acids is 1. The predicted octanol–water partition coefficient (Wildman–Crippen LogP) is 1.36. The topological polar surface area (TPSA) is 98.5 Å². The van der Waals surface area contributed by atoms with E-state index in [0.717, 1.165) is 25.7 Å². The number of carbonyl (C=O) groups is 1. The lowest BCUT2D eigenvalue weighted by Gasteiger charge is -2.29. The van der Waals surface area contributed by atoms with Gasteiger partial charge < -0.3 is 10.1 Å². The molecule has 19 heavy (non-hydrogen) atoms. The van der Waals surface area contributed by atoms with Gasteiger partial charge in [0.1, 0.15) is 5.60 Å². The average molecular weight is 292 g/mol. The number of hydrogen-bond donors (Lipinski definition) is 2. The van der Waals surface area contributed by atoms with Gasteiger partial charge in [-0.1, -0.05) is 0 Å². The monoisotopic (exact) mass is 292 g/mol. The second-order valence-electron chi connectivity index (χ2n) is 6.19. The number of nitrogens with one attached hydrogen (secondary N) is 1. The van der Waals surface area contributed by atoms with E-state index in [9.17, 15) is 13.2 Å². The van der Waals surface area contributed by atoms with Crippen molar-refractivity contribution < 1.29 is 17.9 Å². The number of primary sulfonamides is 1. The molecule has 0 aliphatic heterocycles. The van der Waals surface area contributed by atoms with Crippen LogP contribution in [0.15, 0.2) is 0 Å². The summed E-state index contributed by atoms with van der Waals surface area (Å²) in [6, 6.07) is 0.0616. The minimum absolute atomic E-state index is 0.0339. The fraction of sp³-hybridized carbons (Fsp3) is 0.917. The third kappa shape index (κ3) is 7.37. The first-order valence-corrected chi connectivity index (χ1v) is 8.27. The number of hydrogen-bond acceptors (Lipinski definition) is 4. The minimum atomic E-state index is -3.40. The van der Waals surface area contributed by atoms with Gasteiger partial charge in [-0.3, -0.25) is 0 Å². The van der Waals surface area contributed by atoms with Crippen LogP contribution in [-0.2, 0) is 14.8 Å². The molecule has 1 aliphatic rings. The molecule has 0 saturated heterocycles. The molecule has 1 rings (SSSR count). The molecule has 0 atom stereocenters. The second kappa shape index (κ2) is 6.09. The summed E-state index contributed by atoms with van der Waals surface area (Å²) in [6.45, 7) is 5.45. The van der Waals surface area contributed by atoms with E-state index in [-0.39, 0.29) is 17.7 Å². The van der Waals surface area contributed by atoms with E-state index in [1.165, 1.54) is 0 Å². The van der Waals surface area contributed by atoms with E-state index in [4.69, 9.17) is 9.88 Å². The molecule has 0 radical (unpaired) electrons. The fourth-order valence-electron chi connectivity index (χ4n) is 2.28. The van der Waals surface area contributed by atoms with Crippen molar-refractivity contribution in [3.63, 3.8) is 0 Å². The van der Waals surface area contributed by atoms with Crippen LogP contribution in [0.2, 0.25) is 0 Å². The van der Waals surface area contributed by atoms with Gasteiger partial charge in [-0.05, 0) is 52.4 Å². The summed E-state index contributed by atoms with van der Waals surface area (Å²) in [4.78, 5) is 11.6. The zero-order valence-electron chi connectivity index (χ0n) is 11.8. The van der Waals surface area contributed by atoms with Crippen molar-refractivity contribution in [3.8, 4) is 0 Å². The molecule has 7 heteroatoms. The van der Waals surface area contributed by atoms with Gasteiger partial charge in [0.25, 0.3) is 0 Å². The predicted molar refractivity (Wildman–Crippen MR) is 73.1 cm³/mol. The molecule has 0 aromatic carbocycles. The van der Waals surface area contributed by atoms with E-state index in [1.807, 2.05) is 20.8 Å². The van der Waals surface area contributed by atoms with Crippen LogP contribution < -0.4 is 10.5 Å². The van der Waals surface area contributed by atoms with Crippen molar-refractivity contribution in [3.05, 3.63) is 0 Å². The minimum Gasteiger partial charge on any atom is -0.444 e. The standard InChI is InChI=1S/C12H24N2O4S/c1-12(2,3)18-11(15)14-10-6-4-9(5-7-10)8-19(13,16)17/h9-10H,4-8H2,1-3H3,(H,14,15)(H2,13,16,17)/t9-,10-. The lowest BCUT2D eigenvalue weighted by atomic mass is 9.87. The molecule has 0 bridgehead atoms. The highest BCUT2D eigenvalue weighted by molar-refractivity contribution is 7.89. The molecule has 1 saturated carbocycles. The van der Waals surface area contributed by atoms with Gasteiger partial charge in [0.05, 0.1) is 5.75 Å². The summed E-state index contributed by atoms with van der Waals surface area (Å²) in [6.07, 6.45) is 2.63. The van der Waals surface area contributed by atoms with Gasteiger partial charge in [-0.2, -0.15) is 0 Å². The maximum atomic E-state index is 11.6. The van der Waals surface area contributed by atoms with Crippen LogP contribution in [0, 0.1) is 5.92 Å². The summed E-state index contributed by atoms with van der Waals surface area (Å²) in [5.41, 5.74) is -0.505. The Hall–Kier alpha value is -0.820. The van der Waals surface area contributed by atoms with Gasteiger partial charge in [-0.15, -0.1) is 0 Å². The lowest BCUT2D eigenvalue weighted by molar-refractivity contribution is 0.0488. The van der Waals surface area contributed by atoms with Crippen molar-refractivity contribution >= 4 is 16.1 Å². The fourth-order valence-corrected chi connectivity index (χ4v) is 3.27. The number of amides is 1. The van der Waals surface area contributed by atoms with Crippen molar-refractivity contribution in [2.24, 2.45) is 11.1 Å². The van der Waals surface area contributed by atoms with Crippen LogP contribution in [0.25, 0.3) is 0 Å². The zero-order valence-corrected chi connectivity index (χ0v) is 12.6. The van der Waals surface area contributed by atoms with E-state index in [1.54, 1.807) is 0 Å². The molecule has 1 fully saturated rings. The molecule has 0 heterocycles. The number of nitrogens with two attached hydrogens (primary N) is 1. The summed E-state index contributed by atoms with van der Waals surface area (Å²) in [5.74, 6) is 0.137. The largest absolute Gasteiger partial charge is 0.444 e. The summed E-state index contributed by atoms with van der Waals surface area (Å²) in [7, 11) is -3.40. The molecule has 112 valence electrons. The highest BCUT2D eigenvalue weighted by Crippen LogP contribution is 2.25. The van der Waals surface area contributed by atoms with Gasteiger partial charge in [-0.25, -0.2) is 18.4 Å². The average Bonchev–Trinajstić information content (AvgIpc) is 2.15. The Morgan fingerprint density at radius 2 is 1.79 bits per heavy atom. The van der Waals surface area contributed by atoms with E-state index in [0.29, 0.717) is 0 Å². The number of alkyl carbamates (subject to hydrolysis) is 1. The maximum absolute atomic E-state index is 11.6. The quantitative estimate of drug-likeness (QED) is 0.820. The number of sulfonamides is 1. The molecule has 1 aliphatic carbocycles. The van der Waals surface area contributed by atoms with Gasteiger partial charge >= 0.3 is 6.09 Å². The second-order valence-corrected chi connectivity index (χ2v) is 7.85. The molecule has 3 N–H and O–H groups in total. The molecular weight excluding hydrogens is 268 g/mol.